The molecule has 0 spiro atoms. The van der Waals surface area contributed by atoms with E-state index in [1.165, 1.54) is 19.1 Å². The second-order valence-electron chi connectivity index (χ2n) is 5.92. The topological polar surface area (TPSA) is 77.5 Å². The summed E-state index contributed by atoms with van der Waals surface area (Å²) in [5.74, 6) is 1.36. The van der Waals surface area contributed by atoms with Crippen molar-refractivity contribution in [2.24, 2.45) is 0 Å². The third-order valence-electron chi connectivity index (χ3n) is 2.57. The van der Waals surface area contributed by atoms with E-state index in [9.17, 15) is 24.6 Å². The molecule has 1 aromatic carbocycles. The van der Waals surface area contributed by atoms with Crippen LogP contribution >= 0.6 is 0 Å². The molecule has 0 aromatic heterocycles. The minimum atomic E-state index is -5.30. The van der Waals surface area contributed by atoms with Crippen molar-refractivity contribution in [1.29, 1.82) is 0 Å². The third kappa shape index (κ3) is 7.58. The van der Waals surface area contributed by atoms with Gasteiger partial charge in [-0.3, -0.25) is 0 Å². The van der Waals surface area contributed by atoms with Gasteiger partial charge >= 0.3 is 20.7 Å². The highest BCUT2D eigenvalue weighted by Crippen LogP contribution is 2.27. The van der Waals surface area contributed by atoms with Crippen molar-refractivity contribution in [2.75, 3.05) is 0 Å². The molecular weight excluding hydrogens is 366 g/mol. The predicted octanol–water partition coefficient (Wildman–Crippen LogP) is 2.62. The molecule has 0 aliphatic rings. The Hall–Kier alpha value is -1.44. The molecule has 0 aliphatic carbocycles. The van der Waals surface area contributed by atoms with E-state index >= 15 is 0 Å². The fraction of sp³-hybridized carbons (Fsp3) is 0.385. The second-order valence-corrected chi connectivity index (χ2v) is 13.0. The molecule has 0 radical (unpaired) electrons. The highest BCUT2D eigenvalue weighted by molar-refractivity contribution is 7.85. The van der Waals surface area contributed by atoms with Crippen LogP contribution in [0.15, 0.2) is 12.1 Å². The maximum Gasteiger partial charge on any atom is 0.488 e. The lowest BCUT2D eigenvalue weighted by atomic mass is 10.1. The SMILES string of the molecule is Cc1c(CS(=O)(=O)F)cc(C#C[Si](C)(C)C)cc1OS(=O)(=O)F. The van der Waals surface area contributed by atoms with Crippen molar-refractivity contribution < 1.29 is 28.8 Å². The van der Waals surface area contributed by atoms with E-state index in [0.29, 0.717) is 0 Å². The van der Waals surface area contributed by atoms with Crippen LogP contribution in [0.2, 0.25) is 19.6 Å². The highest BCUT2D eigenvalue weighted by atomic mass is 32.3. The van der Waals surface area contributed by atoms with E-state index in [0.717, 1.165) is 0 Å². The fourth-order valence-electron chi connectivity index (χ4n) is 1.61. The first-order valence-electron chi connectivity index (χ1n) is 6.39. The smallest absolute Gasteiger partial charge is 0.358 e. The molecule has 0 fully saturated rings. The minimum absolute atomic E-state index is 0.00556. The zero-order chi connectivity index (χ0) is 18.1. The van der Waals surface area contributed by atoms with Crippen LogP contribution in [0.3, 0.4) is 0 Å². The molecule has 0 unspecified atom stereocenters. The van der Waals surface area contributed by atoms with Gasteiger partial charge in [0.2, 0.25) is 0 Å². The van der Waals surface area contributed by atoms with Gasteiger partial charge < -0.3 is 4.18 Å². The number of benzene rings is 1. The Kier molecular flexibility index (Phi) is 5.61. The van der Waals surface area contributed by atoms with E-state index in [1.54, 1.807) is 0 Å². The molecule has 0 N–H and O–H groups in total. The van der Waals surface area contributed by atoms with Crippen LogP contribution in [0.4, 0.5) is 7.77 Å². The van der Waals surface area contributed by atoms with Crippen molar-refractivity contribution in [3.8, 4) is 17.2 Å². The van der Waals surface area contributed by atoms with Crippen LogP contribution in [0.1, 0.15) is 16.7 Å². The standard InChI is InChI=1S/C13H16F2O5S2Si/c1-10-12(9-21(14,16)17)7-11(5-6-23(2,3)4)8-13(10)20-22(15,18)19/h7-8H,9H2,1-4H3. The van der Waals surface area contributed by atoms with Gasteiger partial charge in [-0.15, -0.1) is 9.43 Å². The molecule has 0 saturated carbocycles. The van der Waals surface area contributed by atoms with E-state index in [1.807, 2.05) is 19.6 Å². The first-order valence-corrected chi connectivity index (χ1v) is 12.8. The quantitative estimate of drug-likeness (QED) is 0.454. The van der Waals surface area contributed by atoms with E-state index in [4.69, 9.17) is 0 Å². The van der Waals surface area contributed by atoms with Gasteiger partial charge in [-0.2, -0.15) is 16.8 Å². The molecule has 10 heteroatoms. The molecule has 0 heterocycles. The first-order chi connectivity index (χ1) is 10.2. The highest BCUT2D eigenvalue weighted by Gasteiger charge is 2.19. The third-order valence-corrected chi connectivity index (χ3v) is 4.48. The maximum atomic E-state index is 12.9. The summed E-state index contributed by atoms with van der Waals surface area (Å²) in [5.41, 5.74) is 3.16. The van der Waals surface area contributed by atoms with Gasteiger partial charge in [0.1, 0.15) is 19.6 Å². The van der Waals surface area contributed by atoms with Crippen molar-refractivity contribution in [3.05, 3.63) is 28.8 Å². The Morgan fingerprint density at radius 2 is 1.70 bits per heavy atom. The Bertz CT molecular complexity index is 820. The van der Waals surface area contributed by atoms with Gasteiger partial charge in [0.15, 0.2) is 0 Å². The second kappa shape index (κ2) is 6.58. The number of hydrogen-bond donors (Lipinski definition) is 0. The molecule has 0 saturated heterocycles. The number of rotatable bonds is 4. The largest absolute Gasteiger partial charge is 0.488 e. The van der Waals surface area contributed by atoms with Gasteiger partial charge in [0.05, 0.1) is 0 Å². The van der Waals surface area contributed by atoms with Crippen LogP contribution in [0, 0.1) is 18.4 Å². The van der Waals surface area contributed by atoms with Gasteiger partial charge in [-0.25, -0.2) is 0 Å². The lowest BCUT2D eigenvalue weighted by Gasteiger charge is -2.10. The Morgan fingerprint density at radius 1 is 1.13 bits per heavy atom. The number of hydrogen-bond acceptors (Lipinski definition) is 5. The molecule has 1 rings (SSSR count). The molecule has 0 aliphatic heterocycles. The molecule has 5 nitrogen and oxygen atoms in total. The summed E-state index contributed by atoms with van der Waals surface area (Å²) in [6.07, 6.45) is 0. The summed E-state index contributed by atoms with van der Waals surface area (Å²) in [6, 6.07) is 2.49. The Morgan fingerprint density at radius 3 is 2.13 bits per heavy atom. The summed E-state index contributed by atoms with van der Waals surface area (Å²) in [6.45, 7) is 7.19. The summed E-state index contributed by atoms with van der Waals surface area (Å²) in [4.78, 5) is 0. The lowest BCUT2D eigenvalue weighted by molar-refractivity contribution is 0.438. The molecule has 128 valence electrons. The van der Waals surface area contributed by atoms with Crippen molar-refractivity contribution in [3.63, 3.8) is 0 Å². The van der Waals surface area contributed by atoms with Gasteiger partial charge in [0.25, 0.3) is 0 Å². The zero-order valence-corrected chi connectivity index (χ0v) is 15.6. The summed E-state index contributed by atoms with van der Waals surface area (Å²) in [5, 5.41) is 0. The minimum Gasteiger partial charge on any atom is -0.358 e. The van der Waals surface area contributed by atoms with Gasteiger partial charge in [-0.1, -0.05) is 29.4 Å². The van der Waals surface area contributed by atoms with Crippen LogP contribution < -0.4 is 4.18 Å². The van der Waals surface area contributed by atoms with E-state index in [2.05, 4.69) is 15.6 Å². The van der Waals surface area contributed by atoms with Crippen molar-refractivity contribution >= 4 is 28.8 Å². The van der Waals surface area contributed by atoms with Gasteiger partial charge in [0, 0.05) is 5.56 Å². The summed E-state index contributed by atoms with van der Waals surface area (Å²) >= 11 is 0. The van der Waals surface area contributed by atoms with Crippen molar-refractivity contribution in [1.82, 2.24) is 0 Å². The Labute approximate surface area is 136 Å². The predicted molar refractivity (Wildman–Crippen MR) is 85.8 cm³/mol. The number of halogens is 2. The zero-order valence-electron chi connectivity index (χ0n) is 13.0. The maximum absolute atomic E-state index is 12.9. The molecule has 23 heavy (non-hydrogen) atoms. The monoisotopic (exact) mass is 382 g/mol. The van der Waals surface area contributed by atoms with E-state index in [-0.39, 0.29) is 16.7 Å². The molecule has 1 aromatic rings. The summed E-state index contributed by atoms with van der Waals surface area (Å²) < 4.78 is 72.9. The normalized spacial score (nSPS) is 12.4. The van der Waals surface area contributed by atoms with Crippen LogP contribution in [-0.4, -0.2) is 24.9 Å². The average Bonchev–Trinajstić information content (AvgIpc) is 2.27. The lowest BCUT2D eigenvalue weighted by Crippen LogP contribution is -2.16. The van der Waals surface area contributed by atoms with Gasteiger partial charge in [-0.05, 0) is 30.2 Å². The molecule has 0 amide bonds. The molecule has 0 atom stereocenters. The van der Waals surface area contributed by atoms with Crippen LogP contribution in [-0.2, 0) is 26.5 Å². The molecule has 0 bridgehead atoms. The van der Waals surface area contributed by atoms with Crippen LogP contribution in [0.5, 0.6) is 5.75 Å². The van der Waals surface area contributed by atoms with Crippen LogP contribution in [0.25, 0.3) is 0 Å². The first kappa shape index (κ1) is 19.6. The Balaban J connectivity index is 3.50. The average molecular weight is 382 g/mol. The van der Waals surface area contributed by atoms with Crippen molar-refractivity contribution in [2.45, 2.75) is 32.3 Å². The fourth-order valence-corrected chi connectivity index (χ4v) is 3.18. The summed E-state index contributed by atoms with van der Waals surface area (Å²) in [7, 11) is -11.9. The van der Waals surface area contributed by atoms with E-state index < -0.39 is 40.3 Å². The molecular formula is C13H16F2O5S2Si.